The third-order valence-corrected chi connectivity index (χ3v) is 2.25. The second-order valence-corrected chi connectivity index (χ2v) is 3.60. The molecule has 0 unspecified atom stereocenters. The van der Waals surface area contributed by atoms with Crippen molar-refractivity contribution < 1.29 is 13.2 Å². The molecule has 5 heteroatoms. The summed E-state index contributed by atoms with van der Waals surface area (Å²) < 4.78 is 37.2. The van der Waals surface area contributed by atoms with Crippen LogP contribution in [-0.2, 0) is 0 Å². The lowest BCUT2D eigenvalue weighted by molar-refractivity contribution is -0.149. The van der Waals surface area contributed by atoms with Crippen LogP contribution in [0.3, 0.4) is 0 Å². The summed E-state index contributed by atoms with van der Waals surface area (Å²) in [6.07, 6.45) is -4.46. The van der Waals surface area contributed by atoms with E-state index in [2.05, 4.69) is 0 Å². The molecule has 0 spiro atoms. The van der Waals surface area contributed by atoms with E-state index in [1.165, 1.54) is 6.07 Å². The molecular formula is C10H13F3N2. The zero-order valence-corrected chi connectivity index (χ0v) is 8.52. The van der Waals surface area contributed by atoms with Crippen molar-refractivity contribution >= 4 is 5.69 Å². The summed E-state index contributed by atoms with van der Waals surface area (Å²) in [7, 11) is 0. The molecule has 2 nitrogen and oxygen atoms in total. The van der Waals surface area contributed by atoms with Gasteiger partial charge in [0.1, 0.15) is 6.04 Å². The Kier molecular flexibility index (Phi) is 2.95. The Morgan fingerprint density at radius 2 is 1.73 bits per heavy atom. The first-order valence-corrected chi connectivity index (χ1v) is 4.42. The van der Waals surface area contributed by atoms with Crippen molar-refractivity contribution in [2.24, 2.45) is 5.73 Å². The normalized spacial score (nSPS) is 14.0. The fourth-order valence-corrected chi connectivity index (χ4v) is 1.45. The van der Waals surface area contributed by atoms with E-state index in [-0.39, 0.29) is 11.3 Å². The average Bonchev–Trinajstić information content (AvgIpc) is 2.08. The summed E-state index contributed by atoms with van der Waals surface area (Å²) in [5.74, 6) is 0. The lowest BCUT2D eigenvalue weighted by Crippen LogP contribution is -2.29. The third-order valence-electron chi connectivity index (χ3n) is 2.25. The SMILES string of the molecule is Cc1cc(C)c(N)c([C@H](N)C(F)(F)F)c1. The maximum Gasteiger partial charge on any atom is 0.407 e. The van der Waals surface area contributed by atoms with E-state index in [9.17, 15) is 13.2 Å². The first-order valence-electron chi connectivity index (χ1n) is 4.42. The minimum absolute atomic E-state index is 0.0556. The molecule has 0 aliphatic carbocycles. The van der Waals surface area contributed by atoms with Crippen molar-refractivity contribution in [3.8, 4) is 0 Å². The Morgan fingerprint density at radius 1 is 1.20 bits per heavy atom. The highest BCUT2D eigenvalue weighted by atomic mass is 19.4. The molecule has 1 aromatic rings. The summed E-state index contributed by atoms with van der Waals surface area (Å²) in [4.78, 5) is 0. The van der Waals surface area contributed by atoms with Gasteiger partial charge in [0.2, 0.25) is 0 Å². The van der Waals surface area contributed by atoms with Crippen molar-refractivity contribution in [2.75, 3.05) is 5.73 Å². The van der Waals surface area contributed by atoms with Crippen LogP contribution in [0.1, 0.15) is 22.7 Å². The first kappa shape index (κ1) is 11.8. The highest BCUT2D eigenvalue weighted by Gasteiger charge is 2.39. The van der Waals surface area contributed by atoms with E-state index in [4.69, 9.17) is 11.5 Å². The van der Waals surface area contributed by atoms with Crippen LogP contribution in [-0.4, -0.2) is 6.18 Å². The molecule has 0 amide bonds. The highest BCUT2D eigenvalue weighted by molar-refractivity contribution is 5.56. The number of halogens is 3. The fraction of sp³-hybridized carbons (Fsp3) is 0.400. The molecule has 1 rings (SSSR count). The van der Waals surface area contributed by atoms with Gasteiger partial charge in [0.05, 0.1) is 0 Å². The van der Waals surface area contributed by atoms with Crippen LogP contribution in [0, 0.1) is 13.8 Å². The summed E-state index contributed by atoms with van der Waals surface area (Å²) in [6, 6.07) is 1.08. The van der Waals surface area contributed by atoms with E-state index in [0.717, 1.165) is 5.56 Å². The fourth-order valence-electron chi connectivity index (χ4n) is 1.45. The smallest absolute Gasteiger partial charge is 0.398 e. The Balaban J connectivity index is 3.25. The van der Waals surface area contributed by atoms with Gasteiger partial charge in [-0.3, -0.25) is 0 Å². The number of rotatable bonds is 1. The third kappa shape index (κ3) is 2.41. The zero-order valence-electron chi connectivity index (χ0n) is 8.52. The molecule has 0 saturated carbocycles. The van der Waals surface area contributed by atoms with Crippen LogP contribution in [0.4, 0.5) is 18.9 Å². The van der Waals surface area contributed by atoms with E-state index in [1.54, 1.807) is 19.9 Å². The van der Waals surface area contributed by atoms with Gasteiger partial charge in [-0.25, -0.2) is 0 Å². The number of hydrogen-bond donors (Lipinski definition) is 2. The molecule has 0 heterocycles. The molecule has 0 fully saturated rings. The molecule has 0 bridgehead atoms. The summed E-state index contributed by atoms with van der Waals surface area (Å²) >= 11 is 0. The van der Waals surface area contributed by atoms with Crippen LogP contribution in [0.5, 0.6) is 0 Å². The lowest BCUT2D eigenvalue weighted by atomic mass is 9.99. The lowest BCUT2D eigenvalue weighted by Gasteiger charge is -2.19. The molecule has 0 aromatic heterocycles. The molecule has 84 valence electrons. The van der Waals surface area contributed by atoms with E-state index in [1.807, 2.05) is 0 Å². The summed E-state index contributed by atoms with van der Waals surface area (Å²) in [6.45, 7) is 3.37. The minimum atomic E-state index is -4.46. The molecule has 0 radical (unpaired) electrons. The van der Waals surface area contributed by atoms with Crippen LogP contribution < -0.4 is 11.5 Å². The van der Waals surface area contributed by atoms with Crippen LogP contribution in [0.15, 0.2) is 12.1 Å². The predicted molar refractivity (Wildman–Crippen MR) is 53.3 cm³/mol. The number of benzene rings is 1. The maximum atomic E-state index is 12.4. The number of hydrogen-bond acceptors (Lipinski definition) is 2. The predicted octanol–water partition coefficient (Wildman–Crippen LogP) is 2.45. The van der Waals surface area contributed by atoms with Crippen molar-refractivity contribution in [2.45, 2.75) is 26.1 Å². The highest BCUT2D eigenvalue weighted by Crippen LogP contribution is 2.34. The molecule has 0 aliphatic rings. The van der Waals surface area contributed by atoms with Gasteiger partial charge in [-0.05, 0) is 19.4 Å². The van der Waals surface area contributed by atoms with Gasteiger partial charge in [-0.15, -0.1) is 0 Å². The van der Waals surface area contributed by atoms with Crippen LogP contribution in [0.25, 0.3) is 0 Å². The van der Waals surface area contributed by atoms with E-state index < -0.39 is 12.2 Å². The van der Waals surface area contributed by atoms with Gasteiger partial charge in [-0.2, -0.15) is 13.2 Å². The second-order valence-electron chi connectivity index (χ2n) is 3.60. The molecular weight excluding hydrogens is 205 g/mol. The van der Waals surface area contributed by atoms with E-state index >= 15 is 0 Å². The van der Waals surface area contributed by atoms with Crippen molar-refractivity contribution in [3.63, 3.8) is 0 Å². The summed E-state index contributed by atoms with van der Waals surface area (Å²) in [5.41, 5.74) is 12.1. The van der Waals surface area contributed by atoms with Gasteiger partial charge >= 0.3 is 6.18 Å². The van der Waals surface area contributed by atoms with Gasteiger partial charge in [0.25, 0.3) is 0 Å². The Bertz CT molecular complexity index is 372. The average molecular weight is 218 g/mol. The number of alkyl halides is 3. The number of nitrogens with two attached hydrogens (primary N) is 2. The van der Waals surface area contributed by atoms with Gasteiger partial charge in [-0.1, -0.05) is 17.7 Å². The second kappa shape index (κ2) is 3.73. The van der Waals surface area contributed by atoms with Gasteiger partial charge in [0.15, 0.2) is 0 Å². The minimum Gasteiger partial charge on any atom is -0.398 e. The Morgan fingerprint density at radius 3 is 2.20 bits per heavy atom. The number of anilines is 1. The van der Waals surface area contributed by atoms with Crippen molar-refractivity contribution in [1.29, 1.82) is 0 Å². The van der Waals surface area contributed by atoms with Crippen molar-refractivity contribution in [1.82, 2.24) is 0 Å². The maximum absolute atomic E-state index is 12.4. The summed E-state index contributed by atoms with van der Waals surface area (Å²) in [5, 5.41) is 0. The monoisotopic (exact) mass is 218 g/mol. The topological polar surface area (TPSA) is 52.0 Å². The zero-order chi connectivity index (χ0) is 11.8. The Labute approximate surface area is 86.1 Å². The van der Waals surface area contributed by atoms with Gasteiger partial charge < -0.3 is 11.5 Å². The standard InChI is InChI=1S/C10H13F3N2/c1-5-3-6(2)8(14)7(4-5)9(15)10(11,12)13/h3-4,9H,14-15H2,1-2H3/t9-/m0/s1. The first-order chi connectivity index (χ1) is 6.73. The number of nitrogen functional groups attached to an aromatic ring is 1. The quantitative estimate of drug-likeness (QED) is 0.711. The van der Waals surface area contributed by atoms with Gasteiger partial charge in [0, 0.05) is 11.3 Å². The molecule has 1 atom stereocenters. The molecule has 4 N–H and O–H groups in total. The largest absolute Gasteiger partial charge is 0.407 e. The van der Waals surface area contributed by atoms with Crippen LogP contribution in [0.2, 0.25) is 0 Å². The van der Waals surface area contributed by atoms with Crippen LogP contribution >= 0.6 is 0 Å². The van der Waals surface area contributed by atoms with Crippen molar-refractivity contribution in [3.05, 3.63) is 28.8 Å². The molecule has 1 aromatic carbocycles. The molecule has 0 saturated heterocycles. The molecule has 0 aliphatic heterocycles. The number of aryl methyl sites for hydroxylation is 2. The Hall–Kier alpha value is -1.23. The van der Waals surface area contributed by atoms with E-state index in [0.29, 0.717) is 5.56 Å². The molecule has 15 heavy (non-hydrogen) atoms.